The van der Waals surface area contributed by atoms with Crippen molar-refractivity contribution in [1.82, 2.24) is 14.7 Å². The Morgan fingerprint density at radius 1 is 1.17 bits per heavy atom. The van der Waals surface area contributed by atoms with E-state index < -0.39 is 11.9 Å². The predicted molar refractivity (Wildman–Crippen MR) is 135 cm³/mol. The second kappa shape index (κ2) is 11.6. The number of hydrogen-bond donors (Lipinski definition) is 1. The fourth-order valence-electron chi connectivity index (χ4n) is 4.14. The molecule has 186 valence electrons. The first-order valence-corrected chi connectivity index (χ1v) is 12.2. The molecule has 7 heteroatoms. The van der Waals surface area contributed by atoms with Crippen molar-refractivity contribution in [3.63, 3.8) is 0 Å². The Bertz CT molecular complexity index is 1110. The minimum atomic E-state index is -0.627. The Balaban J connectivity index is 1.71. The first-order chi connectivity index (χ1) is 17.0. The van der Waals surface area contributed by atoms with Crippen LogP contribution in [0.5, 0.6) is 11.6 Å². The van der Waals surface area contributed by atoms with Gasteiger partial charge in [-0.25, -0.2) is 9.07 Å². The molecular weight excluding hydrogens is 445 g/mol. The van der Waals surface area contributed by atoms with Gasteiger partial charge < -0.3 is 14.6 Å². The highest BCUT2D eigenvalue weighted by molar-refractivity contribution is 5.44. The van der Waals surface area contributed by atoms with Gasteiger partial charge in [0.2, 0.25) is 5.88 Å². The first-order valence-electron chi connectivity index (χ1n) is 12.2. The number of aliphatic hydroxyl groups is 1. The molecule has 0 aliphatic heterocycles. The molecule has 35 heavy (non-hydrogen) atoms. The van der Waals surface area contributed by atoms with Gasteiger partial charge in [0.05, 0.1) is 36.3 Å². The van der Waals surface area contributed by atoms with Crippen molar-refractivity contribution in [2.24, 2.45) is 0 Å². The molecule has 1 saturated carbocycles. The van der Waals surface area contributed by atoms with Crippen LogP contribution in [-0.4, -0.2) is 51.7 Å². The molecule has 0 unspecified atom stereocenters. The minimum Gasteiger partial charge on any atom is -0.435 e. The third kappa shape index (κ3) is 6.36. The lowest BCUT2D eigenvalue weighted by atomic mass is 10.1. The summed E-state index contributed by atoms with van der Waals surface area (Å²) in [4.78, 5) is 2.26. The van der Waals surface area contributed by atoms with Crippen molar-refractivity contribution in [3.8, 4) is 17.3 Å². The number of aromatic nitrogens is 2. The zero-order valence-electron chi connectivity index (χ0n) is 20.4. The number of benzene rings is 2. The van der Waals surface area contributed by atoms with Crippen LogP contribution in [0.15, 0.2) is 67.3 Å². The lowest BCUT2D eigenvalue weighted by Crippen LogP contribution is -2.36. The normalized spacial score (nSPS) is 14.5. The molecule has 1 aromatic heterocycles. The first kappa shape index (κ1) is 25.1. The van der Waals surface area contributed by atoms with E-state index in [0.717, 1.165) is 29.8 Å². The number of aliphatic hydroxyl groups excluding tert-OH is 1. The molecule has 0 spiro atoms. The molecule has 1 N–H and O–H groups in total. The molecule has 6 nitrogen and oxygen atoms in total. The summed E-state index contributed by atoms with van der Waals surface area (Å²) >= 11 is 0. The summed E-state index contributed by atoms with van der Waals surface area (Å²) in [6.45, 7) is 9.48. The average Bonchev–Trinajstić information content (AvgIpc) is 3.64. The van der Waals surface area contributed by atoms with Crippen molar-refractivity contribution in [3.05, 3.63) is 84.3 Å². The molecule has 1 fully saturated rings. The van der Waals surface area contributed by atoms with Gasteiger partial charge in [-0.15, -0.1) is 6.58 Å². The highest BCUT2D eigenvalue weighted by Gasteiger charge is 2.33. The van der Waals surface area contributed by atoms with Crippen LogP contribution < -0.4 is 4.74 Å². The molecule has 3 aromatic rings. The van der Waals surface area contributed by atoms with Gasteiger partial charge in [-0.1, -0.05) is 50.3 Å². The zero-order valence-corrected chi connectivity index (χ0v) is 20.4. The van der Waals surface area contributed by atoms with E-state index in [9.17, 15) is 9.50 Å². The van der Waals surface area contributed by atoms with E-state index in [1.807, 2.05) is 30.3 Å². The summed E-state index contributed by atoms with van der Waals surface area (Å²) in [5, 5.41) is 15.5. The fraction of sp³-hybridized carbons (Fsp3) is 0.393. The Morgan fingerprint density at radius 2 is 1.89 bits per heavy atom. The second-order valence-electron chi connectivity index (χ2n) is 9.24. The van der Waals surface area contributed by atoms with Crippen LogP contribution in [0, 0.1) is 5.82 Å². The van der Waals surface area contributed by atoms with Gasteiger partial charge in [0, 0.05) is 19.1 Å². The van der Waals surface area contributed by atoms with Gasteiger partial charge >= 0.3 is 0 Å². The van der Waals surface area contributed by atoms with Crippen LogP contribution in [0.1, 0.15) is 43.9 Å². The lowest BCUT2D eigenvalue weighted by Gasteiger charge is -2.25. The SMILES string of the molecule is C=CCOC[C@@H](O)CN(Cc1c(C(C)C)nn(-c2ccccc2)c1Oc1ccccc1F)C1CC1. The Kier molecular flexibility index (Phi) is 8.33. The molecule has 4 rings (SSSR count). The third-order valence-electron chi connectivity index (χ3n) is 5.97. The summed E-state index contributed by atoms with van der Waals surface area (Å²) in [7, 11) is 0. The molecule has 2 aromatic carbocycles. The van der Waals surface area contributed by atoms with E-state index >= 15 is 0 Å². The number of halogens is 1. The highest BCUT2D eigenvalue weighted by Crippen LogP contribution is 2.37. The standard InChI is InChI=1S/C28H34FN3O3/c1-4-16-34-19-23(33)17-31(21-14-15-21)18-24-27(20(2)3)30-32(22-10-6-5-7-11-22)28(24)35-26-13-9-8-12-25(26)29/h4-13,20-21,23,33H,1,14-19H2,2-3H3/t23-/m0/s1. The number of rotatable bonds is 13. The average molecular weight is 480 g/mol. The quantitative estimate of drug-likeness (QED) is 0.261. The van der Waals surface area contributed by atoms with Gasteiger partial charge in [-0.2, -0.15) is 5.10 Å². The summed E-state index contributed by atoms with van der Waals surface area (Å²) in [5.74, 6) is 0.337. The largest absolute Gasteiger partial charge is 0.435 e. The molecule has 0 radical (unpaired) electrons. The predicted octanol–water partition coefficient (Wildman–Crippen LogP) is 5.46. The summed E-state index contributed by atoms with van der Waals surface area (Å²) in [5.41, 5.74) is 2.63. The van der Waals surface area contributed by atoms with Crippen LogP contribution in [0.25, 0.3) is 5.69 Å². The van der Waals surface area contributed by atoms with Crippen LogP contribution in [0.4, 0.5) is 4.39 Å². The van der Waals surface area contributed by atoms with Gasteiger partial charge in [0.15, 0.2) is 11.6 Å². The second-order valence-corrected chi connectivity index (χ2v) is 9.24. The zero-order chi connectivity index (χ0) is 24.8. The van der Waals surface area contributed by atoms with Crippen molar-refractivity contribution < 1.29 is 19.0 Å². The maximum absolute atomic E-state index is 14.6. The Hall–Kier alpha value is -3.00. The Morgan fingerprint density at radius 3 is 2.54 bits per heavy atom. The van der Waals surface area contributed by atoms with Crippen molar-refractivity contribution in [2.45, 2.75) is 51.3 Å². The smallest absolute Gasteiger partial charge is 0.227 e. The van der Waals surface area contributed by atoms with E-state index in [1.165, 1.54) is 6.07 Å². The molecule has 1 aliphatic carbocycles. The fourth-order valence-corrected chi connectivity index (χ4v) is 4.14. The summed E-state index contributed by atoms with van der Waals surface area (Å²) < 4.78 is 28.1. The number of hydrogen-bond acceptors (Lipinski definition) is 5. The highest BCUT2D eigenvalue weighted by atomic mass is 19.1. The number of nitrogens with zero attached hydrogens (tertiary/aromatic N) is 3. The molecular formula is C28H34FN3O3. The van der Waals surface area contributed by atoms with Crippen LogP contribution >= 0.6 is 0 Å². The molecule has 0 saturated heterocycles. The van der Waals surface area contributed by atoms with E-state index in [4.69, 9.17) is 14.6 Å². The maximum Gasteiger partial charge on any atom is 0.227 e. The minimum absolute atomic E-state index is 0.125. The summed E-state index contributed by atoms with van der Waals surface area (Å²) in [6, 6.07) is 16.5. The third-order valence-corrected chi connectivity index (χ3v) is 5.97. The van der Waals surface area contributed by atoms with E-state index in [2.05, 4.69) is 25.3 Å². The van der Waals surface area contributed by atoms with Gasteiger partial charge in [-0.05, 0) is 43.0 Å². The lowest BCUT2D eigenvalue weighted by molar-refractivity contribution is 0.0226. The number of ether oxygens (including phenoxy) is 2. The molecule has 0 bridgehead atoms. The van der Waals surface area contributed by atoms with Crippen LogP contribution in [0.3, 0.4) is 0 Å². The molecule has 0 amide bonds. The monoisotopic (exact) mass is 479 g/mol. The van der Waals surface area contributed by atoms with Crippen molar-refractivity contribution in [1.29, 1.82) is 0 Å². The van der Waals surface area contributed by atoms with Crippen molar-refractivity contribution >= 4 is 0 Å². The van der Waals surface area contributed by atoms with Crippen LogP contribution in [-0.2, 0) is 11.3 Å². The maximum atomic E-state index is 14.6. The van der Waals surface area contributed by atoms with Gasteiger partial charge in [0.1, 0.15) is 0 Å². The summed E-state index contributed by atoms with van der Waals surface area (Å²) in [6.07, 6.45) is 3.20. The topological polar surface area (TPSA) is 59.8 Å². The Labute approximate surface area is 206 Å². The molecule has 1 atom stereocenters. The van der Waals surface area contributed by atoms with Crippen molar-refractivity contribution in [2.75, 3.05) is 19.8 Å². The van der Waals surface area contributed by atoms with E-state index in [0.29, 0.717) is 31.6 Å². The number of para-hydroxylation sites is 2. The molecule has 1 aliphatic rings. The van der Waals surface area contributed by atoms with Gasteiger partial charge in [-0.3, -0.25) is 4.90 Å². The van der Waals surface area contributed by atoms with E-state index in [-0.39, 0.29) is 18.3 Å². The molecule has 1 heterocycles. The van der Waals surface area contributed by atoms with E-state index in [1.54, 1.807) is 29.0 Å². The van der Waals surface area contributed by atoms with Gasteiger partial charge in [0.25, 0.3) is 0 Å². The van der Waals surface area contributed by atoms with Crippen LogP contribution in [0.2, 0.25) is 0 Å².